The van der Waals surface area contributed by atoms with E-state index in [0.717, 1.165) is 69.9 Å². The lowest BCUT2D eigenvalue weighted by Crippen LogP contribution is -2.56. The Balaban J connectivity index is 1.50. The Morgan fingerprint density at radius 3 is 2.52 bits per heavy atom. The second kappa shape index (κ2) is 7.81. The number of likely N-dealkylation sites (tertiary alicyclic amines) is 1. The maximum absolute atomic E-state index is 14.8. The highest BCUT2D eigenvalue weighted by molar-refractivity contribution is 5.84. The lowest BCUT2D eigenvalue weighted by molar-refractivity contribution is 0.0129. The molecule has 0 amide bonds. The summed E-state index contributed by atoms with van der Waals surface area (Å²) in [5, 5.41) is 0. The number of rotatable bonds is 6. The van der Waals surface area contributed by atoms with Crippen LogP contribution in [0.5, 0.6) is 0 Å². The van der Waals surface area contributed by atoms with E-state index in [2.05, 4.69) is 36.7 Å². The first-order valence-electron chi connectivity index (χ1n) is 11.7. The third-order valence-corrected chi connectivity index (χ3v) is 7.38. The van der Waals surface area contributed by atoms with Crippen molar-refractivity contribution in [2.45, 2.75) is 65.3 Å². The van der Waals surface area contributed by atoms with E-state index >= 15 is 0 Å². The van der Waals surface area contributed by atoms with Crippen LogP contribution in [0.2, 0.25) is 0 Å². The molecule has 1 aliphatic carbocycles. The van der Waals surface area contributed by atoms with Gasteiger partial charge in [0.25, 0.3) is 0 Å². The first kappa shape index (κ1) is 20.8. The van der Waals surface area contributed by atoms with Gasteiger partial charge < -0.3 is 0 Å². The normalized spacial score (nSPS) is 20.2. The first-order chi connectivity index (χ1) is 14.9. The molecule has 5 rings (SSSR count). The van der Waals surface area contributed by atoms with Crippen LogP contribution in [0.25, 0.3) is 11.1 Å². The summed E-state index contributed by atoms with van der Waals surface area (Å²) >= 11 is 0. The van der Waals surface area contributed by atoms with E-state index in [1.165, 1.54) is 34.0 Å². The molecule has 31 heavy (non-hydrogen) atoms. The number of benzene rings is 2. The second-order valence-corrected chi connectivity index (χ2v) is 10.1. The molecule has 4 heteroatoms. The number of hydrogen-bond donors (Lipinski definition) is 0. The van der Waals surface area contributed by atoms with Gasteiger partial charge in [-0.3, -0.25) is 9.89 Å². The smallest absolute Gasteiger partial charge is 0.133 e. The molecule has 2 nitrogen and oxygen atoms in total. The molecular formula is C27H32F2N2. The summed E-state index contributed by atoms with van der Waals surface area (Å²) in [5.41, 5.74) is 8.42. The molecule has 2 aromatic carbocycles. The van der Waals surface area contributed by atoms with Gasteiger partial charge in [0.2, 0.25) is 0 Å². The highest BCUT2D eigenvalue weighted by atomic mass is 19.1. The van der Waals surface area contributed by atoms with Crippen LogP contribution in [-0.2, 0) is 13.0 Å². The highest BCUT2D eigenvalue weighted by Gasteiger charge is 2.45. The molecule has 1 saturated heterocycles. The summed E-state index contributed by atoms with van der Waals surface area (Å²) in [4.78, 5) is 7.20. The minimum atomic E-state index is -0.518. The van der Waals surface area contributed by atoms with Crippen molar-refractivity contribution in [1.82, 2.24) is 4.90 Å². The van der Waals surface area contributed by atoms with E-state index in [4.69, 9.17) is 0 Å². The fourth-order valence-electron chi connectivity index (χ4n) is 5.88. The van der Waals surface area contributed by atoms with Crippen molar-refractivity contribution in [3.05, 3.63) is 58.2 Å². The van der Waals surface area contributed by atoms with Gasteiger partial charge in [-0.2, -0.15) is 0 Å². The summed E-state index contributed by atoms with van der Waals surface area (Å²) in [6.07, 6.45) is 5.50. The molecule has 0 unspecified atom stereocenters. The molecule has 3 aliphatic rings. The quantitative estimate of drug-likeness (QED) is 0.523. The zero-order valence-electron chi connectivity index (χ0n) is 18.9. The van der Waals surface area contributed by atoms with Crippen molar-refractivity contribution in [3.8, 4) is 11.1 Å². The van der Waals surface area contributed by atoms with Gasteiger partial charge in [0.05, 0.1) is 0 Å². The van der Waals surface area contributed by atoms with Crippen molar-refractivity contribution in [2.24, 2.45) is 10.4 Å². The number of hydrogen-bond acceptors (Lipinski definition) is 2. The SMILES string of the molecule is CCCc1c(CN2CC3(CN=C(C)C3)C2)cc(C2CC2)c(-c2ccc(F)cc2F)c1C. The molecule has 2 aliphatic heterocycles. The molecule has 1 spiro atoms. The van der Waals surface area contributed by atoms with Crippen LogP contribution in [0, 0.1) is 24.0 Å². The second-order valence-electron chi connectivity index (χ2n) is 10.1. The van der Waals surface area contributed by atoms with Gasteiger partial charge >= 0.3 is 0 Å². The van der Waals surface area contributed by atoms with Crippen LogP contribution >= 0.6 is 0 Å². The monoisotopic (exact) mass is 422 g/mol. The molecule has 2 heterocycles. The fourth-order valence-corrected chi connectivity index (χ4v) is 5.88. The van der Waals surface area contributed by atoms with Gasteiger partial charge in [-0.15, -0.1) is 0 Å². The molecule has 1 saturated carbocycles. The van der Waals surface area contributed by atoms with Crippen molar-refractivity contribution < 1.29 is 8.78 Å². The topological polar surface area (TPSA) is 15.6 Å². The third-order valence-electron chi connectivity index (χ3n) is 7.38. The first-order valence-corrected chi connectivity index (χ1v) is 11.7. The maximum atomic E-state index is 14.8. The Hall–Kier alpha value is -2.07. The summed E-state index contributed by atoms with van der Waals surface area (Å²) in [6.45, 7) is 10.7. The molecule has 0 bridgehead atoms. The fraction of sp³-hybridized carbons (Fsp3) is 0.519. The van der Waals surface area contributed by atoms with Gasteiger partial charge in [0.15, 0.2) is 0 Å². The number of nitrogens with zero attached hydrogens (tertiary/aromatic N) is 2. The minimum Gasteiger partial charge on any atom is -0.298 e. The summed E-state index contributed by atoms with van der Waals surface area (Å²) in [5.74, 6) is -0.474. The minimum absolute atomic E-state index is 0.376. The molecule has 0 atom stereocenters. The lowest BCUT2D eigenvalue weighted by Gasteiger charge is -2.48. The van der Waals surface area contributed by atoms with Crippen molar-refractivity contribution in [3.63, 3.8) is 0 Å². The molecule has 2 fully saturated rings. The van der Waals surface area contributed by atoms with E-state index in [9.17, 15) is 8.78 Å². The molecule has 164 valence electrons. The van der Waals surface area contributed by atoms with Crippen LogP contribution in [-0.4, -0.2) is 30.2 Å². The Bertz CT molecular complexity index is 1050. The Kier molecular flexibility index (Phi) is 5.24. The van der Waals surface area contributed by atoms with E-state index in [-0.39, 0.29) is 0 Å². The van der Waals surface area contributed by atoms with Crippen molar-refractivity contribution in [1.29, 1.82) is 0 Å². The molecule has 0 aromatic heterocycles. The summed E-state index contributed by atoms with van der Waals surface area (Å²) < 4.78 is 28.4. The predicted octanol–water partition coefficient (Wildman–Crippen LogP) is 6.44. The maximum Gasteiger partial charge on any atom is 0.133 e. The molecule has 0 radical (unpaired) electrons. The van der Waals surface area contributed by atoms with Crippen LogP contribution in [0.3, 0.4) is 0 Å². The van der Waals surface area contributed by atoms with E-state index in [1.807, 2.05) is 0 Å². The van der Waals surface area contributed by atoms with Crippen LogP contribution in [0.15, 0.2) is 29.3 Å². The van der Waals surface area contributed by atoms with E-state index in [1.54, 1.807) is 6.07 Å². The highest BCUT2D eigenvalue weighted by Crippen LogP contribution is 2.48. The van der Waals surface area contributed by atoms with Gasteiger partial charge in [0.1, 0.15) is 11.6 Å². The van der Waals surface area contributed by atoms with Gasteiger partial charge in [0, 0.05) is 48.9 Å². The molecule has 0 N–H and O–H groups in total. The zero-order chi connectivity index (χ0) is 21.8. The van der Waals surface area contributed by atoms with Crippen LogP contribution < -0.4 is 0 Å². The van der Waals surface area contributed by atoms with E-state index < -0.39 is 11.6 Å². The van der Waals surface area contributed by atoms with Gasteiger partial charge in [-0.1, -0.05) is 19.4 Å². The summed E-state index contributed by atoms with van der Waals surface area (Å²) in [6, 6.07) is 6.38. The lowest BCUT2D eigenvalue weighted by atomic mass is 9.77. The summed E-state index contributed by atoms with van der Waals surface area (Å²) in [7, 11) is 0. The van der Waals surface area contributed by atoms with Crippen LogP contribution in [0.4, 0.5) is 8.78 Å². The van der Waals surface area contributed by atoms with E-state index in [0.29, 0.717) is 16.9 Å². The third kappa shape index (κ3) is 3.84. The van der Waals surface area contributed by atoms with Crippen molar-refractivity contribution >= 4 is 5.71 Å². The average molecular weight is 423 g/mol. The predicted molar refractivity (Wildman–Crippen MR) is 123 cm³/mol. The van der Waals surface area contributed by atoms with Gasteiger partial charge in [-0.25, -0.2) is 8.78 Å². The van der Waals surface area contributed by atoms with Gasteiger partial charge in [-0.05, 0) is 85.4 Å². The average Bonchev–Trinajstić information content (AvgIpc) is 3.47. The largest absolute Gasteiger partial charge is 0.298 e. The number of halogens is 2. The Morgan fingerprint density at radius 2 is 1.90 bits per heavy atom. The van der Waals surface area contributed by atoms with Crippen molar-refractivity contribution in [2.75, 3.05) is 19.6 Å². The van der Waals surface area contributed by atoms with Crippen LogP contribution in [0.1, 0.15) is 67.7 Å². The molecule has 2 aromatic rings. The Morgan fingerprint density at radius 1 is 1.13 bits per heavy atom. The standard InChI is InChI=1S/C27H32F2N2/c1-4-5-22-18(3)26(23-9-8-21(28)11-25(23)29)24(19-6-7-19)10-20(22)13-31-15-27(16-31)12-17(2)30-14-27/h8-11,19H,4-7,12-16H2,1-3H3. The number of aliphatic imine (C=N–C) groups is 1. The molecular weight excluding hydrogens is 390 g/mol. The zero-order valence-corrected chi connectivity index (χ0v) is 18.9. The Labute approximate surface area is 184 Å².